The van der Waals surface area contributed by atoms with E-state index >= 15 is 0 Å². The van der Waals surface area contributed by atoms with E-state index in [4.69, 9.17) is 28.4 Å². The normalized spacial score (nSPS) is 31.6. The van der Waals surface area contributed by atoms with Crippen LogP contribution in [0.3, 0.4) is 0 Å². The predicted octanol–water partition coefficient (Wildman–Crippen LogP) is 3.98. The highest BCUT2D eigenvalue weighted by molar-refractivity contribution is 5.76. The maximum atomic E-state index is 13.3. The maximum absolute atomic E-state index is 13.3. The summed E-state index contributed by atoms with van der Waals surface area (Å²) in [4.78, 5) is 13.3. The molecule has 19 nitrogen and oxygen atoms in total. The Hall–Kier alpha value is -1.73. The molecule has 0 aliphatic carbocycles. The maximum Gasteiger partial charge on any atom is 0.220 e. The standard InChI is InChI=1S/C55H101NO18/c1-3-5-7-9-11-13-15-16-17-18-19-20-21-22-23-25-27-29-31-33-43(61)56-38(39(60)32-30-28-26-24-14-12-10-8-6-4-2)37-69-53-49(67)46(64)51(41(35-58)71-53)74-55-50(68)47(65)52(42(36-59)72-55)73-54-48(66)45(63)44(62)40(34-57)70-54/h14,24,30,32,38-42,44-55,57-60,62-68H,3-13,15-23,25-29,31,33-37H2,1-2H3,(H,56,61)/b24-14+,32-30+. The summed E-state index contributed by atoms with van der Waals surface area (Å²) in [6, 6.07) is -0.983. The van der Waals surface area contributed by atoms with Crippen molar-refractivity contribution in [3.63, 3.8) is 0 Å². The number of nitrogens with one attached hydrogen (secondary N) is 1. The van der Waals surface area contributed by atoms with E-state index in [-0.39, 0.29) is 18.9 Å². The van der Waals surface area contributed by atoms with Crippen LogP contribution in [0, 0.1) is 0 Å². The monoisotopic (exact) mass is 1060 g/mol. The van der Waals surface area contributed by atoms with E-state index in [0.29, 0.717) is 12.8 Å². The van der Waals surface area contributed by atoms with Crippen molar-refractivity contribution in [2.75, 3.05) is 26.4 Å². The Kier molecular flexibility index (Phi) is 35.6. The second-order valence-corrected chi connectivity index (χ2v) is 20.8. The topological polar surface area (TPSA) is 307 Å². The Morgan fingerprint density at radius 2 is 0.865 bits per heavy atom. The molecule has 1 amide bonds. The molecule has 0 aromatic heterocycles. The lowest BCUT2D eigenvalue weighted by atomic mass is 9.96. The van der Waals surface area contributed by atoms with E-state index < -0.39 is 124 Å². The molecule has 17 atom stereocenters. The number of rotatable bonds is 41. The van der Waals surface area contributed by atoms with Crippen LogP contribution >= 0.6 is 0 Å². The lowest BCUT2D eigenvalue weighted by Gasteiger charge is -2.48. The molecule has 0 bridgehead atoms. The number of aliphatic hydroxyl groups is 11. The predicted molar refractivity (Wildman–Crippen MR) is 277 cm³/mol. The van der Waals surface area contributed by atoms with E-state index in [1.165, 1.54) is 116 Å². The molecule has 3 heterocycles. The van der Waals surface area contributed by atoms with E-state index in [9.17, 15) is 61.0 Å². The Labute approximate surface area is 441 Å². The quantitative estimate of drug-likeness (QED) is 0.0304. The van der Waals surface area contributed by atoms with Crippen LogP contribution in [0.2, 0.25) is 0 Å². The van der Waals surface area contributed by atoms with Crippen molar-refractivity contribution in [1.82, 2.24) is 5.32 Å². The first-order valence-electron chi connectivity index (χ1n) is 28.6. The lowest BCUT2D eigenvalue weighted by molar-refractivity contribution is -0.379. The minimum absolute atomic E-state index is 0.239. The van der Waals surface area contributed by atoms with Crippen LogP contribution in [0.5, 0.6) is 0 Å². The van der Waals surface area contributed by atoms with Crippen LogP contribution < -0.4 is 5.32 Å². The molecule has 0 spiro atoms. The molecule has 3 saturated heterocycles. The Morgan fingerprint density at radius 3 is 1.35 bits per heavy atom. The van der Waals surface area contributed by atoms with Gasteiger partial charge < -0.3 is 89.9 Å². The number of aliphatic hydroxyl groups excluding tert-OH is 11. The van der Waals surface area contributed by atoms with Gasteiger partial charge >= 0.3 is 0 Å². The third kappa shape index (κ3) is 24.1. The summed E-state index contributed by atoms with van der Waals surface area (Å²) in [5.74, 6) is -0.286. The van der Waals surface area contributed by atoms with Crippen molar-refractivity contribution in [2.45, 2.75) is 291 Å². The third-order valence-corrected chi connectivity index (χ3v) is 14.5. The smallest absolute Gasteiger partial charge is 0.220 e. The van der Waals surface area contributed by atoms with E-state index in [1.54, 1.807) is 6.08 Å². The van der Waals surface area contributed by atoms with Crippen LogP contribution in [0.15, 0.2) is 24.3 Å². The lowest BCUT2D eigenvalue weighted by Crippen LogP contribution is -2.66. The van der Waals surface area contributed by atoms with Gasteiger partial charge in [-0.1, -0.05) is 173 Å². The Bertz CT molecular complexity index is 1460. The fourth-order valence-electron chi connectivity index (χ4n) is 9.74. The van der Waals surface area contributed by atoms with Crippen LogP contribution in [-0.4, -0.2) is 193 Å². The summed E-state index contributed by atoms with van der Waals surface area (Å²) < 4.78 is 34.1. The minimum atomic E-state index is -1.98. The molecule has 12 N–H and O–H groups in total. The molecule has 434 valence electrons. The Balaban J connectivity index is 1.50. The van der Waals surface area contributed by atoms with Gasteiger partial charge in [0.15, 0.2) is 18.9 Å². The van der Waals surface area contributed by atoms with Crippen molar-refractivity contribution < 1.29 is 89.4 Å². The molecule has 3 aliphatic rings. The first-order valence-corrected chi connectivity index (χ1v) is 28.6. The zero-order valence-corrected chi connectivity index (χ0v) is 44.8. The third-order valence-electron chi connectivity index (χ3n) is 14.5. The molecule has 3 aliphatic heterocycles. The largest absolute Gasteiger partial charge is 0.394 e. The summed E-state index contributed by atoms with van der Waals surface area (Å²) in [6.45, 7) is 1.65. The minimum Gasteiger partial charge on any atom is -0.394 e. The highest BCUT2D eigenvalue weighted by atomic mass is 16.8. The highest BCUT2D eigenvalue weighted by Gasteiger charge is 2.53. The average Bonchev–Trinajstić information content (AvgIpc) is 3.40. The van der Waals surface area contributed by atoms with Crippen molar-refractivity contribution in [2.24, 2.45) is 0 Å². The number of amides is 1. The fourth-order valence-corrected chi connectivity index (χ4v) is 9.74. The summed E-state index contributed by atoms with van der Waals surface area (Å²) in [6.07, 6.45) is 11.9. The molecular weight excluding hydrogens is 963 g/mol. The van der Waals surface area contributed by atoms with Gasteiger partial charge in [-0.05, 0) is 32.1 Å². The summed E-state index contributed by atoms with van der Waals surface area (Å²) in [5.41, 5.74) is 0. The number of hydrogen-bond donors (Lipinski definition) is 12. The molecule has 0 aromatic rings. The van der Waals surface area contributed by atoms with Gasteiger partial charge in [0.1, 0.15) is 73.2 Å². The van der Waals surface area contributed by atoms with Gasteiger partial charge in [-0.3, -0.25) is 4.79 Å². The molecule has 3 rings (SSSR count). The van der Waals surface area contributed by atoms with Gasteiger partial charge in [-0.25, -0.2) is 0 Å². The highest BCUT2D eigenvalue weighted by Crippen LogP contribution is 2.33. The zero-order chi connectivity index (χ0) is 54.1. The van der Waals surface area contributed by atoms with Crippen LogP contribution in [0.1, 0.15) is 187 Å². The fraction of sp³-hybridized carbons (Fsp3) is 0.909. The van der Waals surface area contributed by atoms with Crippen LogP contribution in [-0.2, 0) is 33.2 Å². The van der Waals surface area contributed by atoms with Gasteiger partial charge in [-0.15, -0.1) is 0 Å². The number of ether oxygens (including phenoxy) is 6. The number of hydrogen-bond acceptors (Lipinski definition) is 18. The first kappa shape index (κ1) is 66.5. The van der Waals surface area contributed by atoms with Crippen molar-refractivity contribution >= 4 is 5.91 Å². The van der Waals surface area contributed by atoms with Crippen molar-refractivity contribution in [3.05, 3.63) is 24.3 Å². The molecule has 0 aromatic carbocycles. The van der Waals surface area contributed by atoms with E-state index in [0.717, 1.165) is 38.5 Å². The summed E-state index contributed by atoms with van der Waals surface area (Å²) in [5, 5.41) is 120. The number of allylic oxidation sites excluding steroid dienone is 3. The summed E-state index contributed by atoms with van der Waals surface area (Å²) in [7, 11) is 0. The molecule has 0 saturated carbocycles. The number of carbonyl (C=O) groups excluding carboxylic acids is 1. The van der Waals surface area contributed by atoms with Crippen molar-refractivity contribution in [3.8, 4) is 0 Å². The van der Waals surface area contributed by atoms with Crippen molar-refractivity contribution in [1.29, 1.82) is 0 Å². The molecule has 19 heteroatoms. The van der Waals surface area contributed by atoms with Gasteiger partial charge in [0, 0.05) is 6.42 Å². The SMILES string of the molecule is CCCCCC/C=C/CC/C=C/C(O)C(COC1OC(CO)C(OC2OC(CO)C(OC3OC(CO)C(O)C(O)C3O)C(O)C2O)C(O)C1O)NC(=O)CCCCCCCCCCCCCCCCCCCCC. The van der Waals surface area contributed by atoms with Gasteiger partial charge in [-0.2, -0.15) is 0 Å². The van der Waals surface area contributed by atoms with Gasteiger partial charge in [0.05, 0.1) is 38.6 Å². The van der Waals surface area contributed by atoms with Gasteiger partial charge in [0.25, 0.3) is 0 Å². The van der Waals surface area contributed by atoms with Gasteiger partial charge in [0.2, 0.25) is 5.91 Å². The van der Waals surface area contributed by atoms with Crippen LogP contribution in [0.25, 0.3) is 0 Å². The number of carbonyl (C=O) groups is 1. The van der Waals surface area contributed by atoms with E-state index in [2.05, 4.69) is 31.3 Å². The molecule has 74 heavy (non-hydrogen) atoms. The van der Waals surface area contributed by atoms with Crippen LogP contribution in [0.4, 0.5) is 0 Å². The number of unbranched alkanes of at least 4 members (excludes halogenated alkanes) is 23. The first-order chi connectivity index (χ1) is 35.8. The zero-order valence-electron chi connectivity index (χ0n) is 44.8. The van der Waals surface area contributed by atoms with E-state index in [1.807, 2.05) is 6.08 Å². The second-order valence-electron chi connectivity index (χ2n) is 20.8. The average molecular weight is 1060 g/mol. The second kappa shape index (κ2) is 39.6. The summed E-state index contributed by atoms with van der Waals surface area (Å²) >= 11 is 0. The molecule has 17 unspecified atom stereocenters. The molecule has 0 radical (unpaired) electrons. The molecule has 3 fully saturated rings. The molecular formula is C55H101NO18. The Morgan fingerprint density at radius 1 is 0.473 bits per heavy atom.